The van der Waals surface area contributed by atoms with E-state index in [9.17, 15) is 9.90 Å². The second kappa shape index (κ2) is 7.10. The predicted molar refractivity (Wildman–Crippen MR) is 82.7 cm³/mol. The van der Waals surface area contributed by atoms with Gasteiger partial charge in [0, 0.05) is 17.4 Å². The molecule has 0 aliphatic carbocycles. The van der Waals surface area contributed by atoms with E-state index in [2.05, 4.69) is 21.2 Å². The highest BCUT2D eigenvalue weighted by Gasteiger charge is 2.06. The Hall–Kier alpha value is -1.81. The molecule has 104 valence electrons. The lowest BCUT2D eigenvalue weighted by Gasteiger charge is -2.07. The van der Waals surface area contributed by atoms with Crippen molar-refractivity contribution >= 4 is 21.8 Å². The number of amides is 1. The molecule has 4 heteroatoms. The normalized spacial score (nSPS) is 10.2. The third-order valence-corrected chi connectivity index (χ3v) is 3.66. The van der Waals surface area contributed by atoms with Gasteiger partial charge in [-0.3, -0.25) is 4.79 Å². The molecule has 0 saturated heterocycles. The Morgan fingerprint density at radius 1 is 1.05 bits per heavy atom. The number of hydrogen-bond donors (Lipinski definition) is 2. The Bertz CT molecular complexity index is 581. The van der Waals surface area contributed by atoms with Gasteiger partial charge in [0.2, 0.25) is 5.91 Å². The maximum absolute atomic E-state index is 11.8. The lowest BCUT2D eigenvalue weighted by atomic mass is 10.1. The van der Waals surface area contributed by atoms with Crippen molar-refractivity contribution in [3.05, 3.63) is 65.2 Å². The molecule has 2 N–H and O–H groups in total. The van der Waals surface area contributed by atoms with Crippen molar-refractivity contribution in [2.75, 3.05) is 0 Å². The van der Waals surface area contributed by atoms with Crippen molar-refractivity contribution in [2.24, 2.45) is 0 Å². The number of carbonyl (C=O) groups is 1. The second-order valence-electron chi connectivity index (χ2n) is 4.53. The second-order valence-corrected chi connectivity index (χ2v) is 5.09. The number of phenolic OH excluding ortho intramolecular Hbond substituents is 1. The highest BCUT2D eigenvalue weighted by atomic mass is 79.9. The Labute approximate surface area is 126 Å². The SMILES string of the molecule is O=C(Cc1ccccc1O)NCc1ccc(CBr)cc1. The zero-order valence-electron chi connectivity index (χ0n) is 11.0. The summed E-state index contributed by atoms with van der Waals surface area (Å²) in [7, 11) is 0. The van der Waals surface area contributed by atoms with Gasteiger partial charge in [0.25, 0.3) is 0 Å². The highest BCUT2D eigenvalue weighted by Crippen LogP contribution is 2.16. The fourth-order valence-corrected chi connectivity index (χ4v) is 2.22. The van der Waals surface area contributed by atoms with Crippen molar-refractivity contribution in [3.63, 3.8) is 0 Å². The third kappa shape index (κ3) is 4.10. The number of phenols is 1. The molecule has 2 rings (SSSR count). The van der Waals surface area contributed by atoms with Crippen LogP contribution in [0.4, 0.5) is 0 Å². The van der Waals surface area contributed by atoms with E-state index in [1.54, 1.807) is 24.3 Å². The highest BCUT2D eigenvalue weighted by molar-refractivity contribution is 9.08. The predicted octanol–water partition coefficient (Wildman–Crippen LogP) is 3.15. The van der Waals surface area contributed by atoms with Crippen molar-refractivity contribution in [2.45, 2.75) is 18.3 Å². The zero-order valence-corrected chi connectivity index (χ0v) is 12.6. The van der Waals surface area contributed by atoms with E-state index in [0.717, 1.165) is 10.9 Å². The van der Waals surface area contributed by atoms with Gasteiger partial charge in [0.15, 0.2) is 0 Å². The van der Waals surface area contributed by atoms with Crippen LogP contribution in [0.25, 0.3) is 0 Å². The number of hydrogen-bond acceptors (Lipinski definition) is 2. The van der Waals surface area contributed by atoms with Gasteiger partial charge in [-0.1, -0.05) is 58.4 Å². The molecular weight excluding hydrogens is 318 g/mol. The van der Waals surface area contributed by atoms with E-state index in [1.165, 1.54) is 5.56 Å². The van der Waals surface area contributed by atoms with Gasteiger partial charge >= 0.3 is 0 Å². The summed E-state index contributed by atoms with van der Waals surface area (Å²) >= 11 is 3.39. The van der Waals surface area contributed by atoms with Crippen molar-refractivity contribution < 1.29 is 9.90 Å². The lowest BCUT2D eigenvalue weighted by molar-refractivity contribution is -0.120. The van der Waals surface area contributed by atoms with Crippen LogP contribution in [0.3, 0.4) is 0 Å². The van der Waals surface area contributed by atoms with Crippen molar-refractivity contribution in [3.8, 4) is 5.75 Å². The molecule has 0 aliphatic rings. The van der Waals surface area contributed by atoms with Crippen LogP contribution in [0.5, 0.6) is 5.75 Å². The van der Waals surface area contributed by atoms with Crippen LogP contribution in [0, 0.1) is 0 Å². The van der Waals surface area contributed by atoms with E-state index in [1.807, 2.05) is 24.3 Å². The molecule has 0 spiro atoms. The number of rotatable bonds is 5. The monoisotopic (exact) mass is 333 g/mol. The van der Waals surface area contributed by atoms with E-state index in [0.29, 0.717) is 12.1 Å². The van der Waals surface area contributed by atoms with E-state index >= 15 is 0 Å². The van der Waals surface area contributed by atoms with Crippen LogP contribution in [0.15, 0.2) is 48.5 Å². The van der Waals surface area contributed by atoms with E-state index in [-0.39, 0.29) is 18.1 Å². The molecule has 3 nitrogen and oxygen atoms in total. The first-order valence-corrected chi connectivity index (χ1v) is 7.48. The first kappa shape index (κ1) is 14.6. The van der Waals surface area contributed by atoms with Gasteiger partial charge in [-0.15, -0.1) is 0 Å². The minimum atomic E-state index is -0.101. The molecule has 0 bridgehead atoms. The standard InChI is InChI=1S/C16H16BrNO2/c17-10-12-5-7-13(8-6-12)11-18-16(20)9-14-3-1-2-4-15(14)19/h1-8,19H,9-11H2,(H,18,20). The molecule has 2 aromatic carbocycles. The maximum atomic E-state index is 11.8. The zero-order chi connectivity index (χ0) is 14.4. The number of alkyl halides is 1. The molecule has 0 radical (unpaired) electrons. The Morgan fingerprint density at radius 2 is 1.70 bits per heavy atom. The molecule has 2 aromatic rings. The van der Waals surface area contributed by atoms with Gasteiger partial charge in [0.1, 0.15) is 5.75 Å². The number of carbonyl (C=O) groups excluding carboxylic acids is 1. The van der Waals surface area contributed by atoms with Crippen LogP contribution in [-0.4, -0.2) is 11.0 Å². The molecule has 0 heterocycles. The van der Waals surface area contributed by atoms with Gasteiger partial charge < -0.3 is 10.4 Å². The quantitative estimate of drug-likeness (QED) is 0.826. The van der Waals surface area contributed by atoms with Crippen LogP contribution in [-0.2, 0) is 23.1 Å². The fraction of sp³-hybridized carbons (Fsp3) is 0.188. The Balaban J connectivity index is 1.87. The number of para-hydroxylation sites is 1. The third-order valence-electron chi connectivity index (χ3n) is 3.01. The molecule has 0 saturated carbocycles. The Morgan fingerprint density at radius 3 is 2.35 bits per heavy atom. The summed E-state index contributed by atoms with van der Waals surface area (Å²) in [5.74, 6) is 0.0559. The topological polar surface area (TPSA) is 49.3 Å². The molecular formula is C16H16BrNO2. The molecule has 0 aliphatic heterocycles. The summed E-state index contributed by atoms with van der Waals surface area (Å²) in [6.45, 7) is 0.495. The van der Waals surface area contributed by atoms with Gasteiger partial charge in [-0.2, -0.15) is 0 Å². The van der Waals surface area contributed by atoms with Gasteiger partial charge in [0.05, 0.1) is 6.42 Å². The average molecular weight is 334 g/mol. The summed E-state index contributed by atoms with van der Waals surface area (Å²) in [6, 6.07) is 14.9. The Kier molecular flexibility index (Phi) is 5.18. The molecule has 0 aromatic heterocycles. The van der Waals surface area contributed by atoms with E-state index in [4.69, 9.17) is 0 Å². The molecule has 0 unspecified atom stereocenters. The number of nitrogens with one attached hydrogen (secondary N) is 1. The van der Waals surface area contributed by atoms with Crippen LogP contribution < -0.4 is 5.32 Å². The molecule has 1 amide bonds. The van der Waals surface area contributed by atoms with Crippen molar-refractivity contribution in [1.82, 2.24) is 5.32 Å². The van der Waals surface area contributed by atoms with Gasteiger partial charge in [-0.05, 0) is 17.2 Å². The maximum Gasteiger partial charge on any atom is 0.224 e. The van der Waals surface area contributed by atoms with Crippen molar-refractivity contribution in [1.29, 1.82) is 0 Å². The summed E-state index contributed by atoms with van der Waals surface area (Å²) in [5, 5.41) is 13.3. The van der Waals surface area contributed by atoms with Crippen LogP contribution in [0.1, 0.15) is 16.7 Å². The smallest absolute Gasteiger partial charge is 0.224 e. The summed E-state index contributed by atoms with van der Waals surface area (Å²) in [6.07, 6.45) is 0.187. The molecule has 0 atom stereocenters. The summed E-state index contributed by atoms with van der Waals surface area (Å²) in [5.41, 5.74) is 2.90. The summed E-state index contributed by atoms with van der Waals surface area (Å²) < 4.78 is 0. The van der Waals surface area contributed by atoms with Gasteiger partial charge in [-0.25, -0.2) is 0 Å². The number of halogens is 1. The fourth-order valence-electron chi connectivity index (χ4n) is 1.84. The van der Waals surface area contributed by atoms with Crippen LogP contribution in [0.2, 0.25) is 0 Å². The minimum absolute atomic E-state index is 0.101. The van der Waals surface area contributed by atoms with E-state index < -0.39 is 0 Å². The molecule has 0 fully saturated rings. The number of benzene rings is 2. The molecule has 20 heavy (non-hydrogen) atoms. The minimum Gasteiger partial charge on any atom is -0.508 e. The largest absolute Gasteiger partial charge is 0.508 e. The first-order valence-electron chi connectivity index (χ1n) is 6.36. The summed E-state index contributed by atoms with van der Waals surface area (Å²) in [4.78, 5) is 11.8. The average Bonchev–Trinajstić information content (AvgIpc) is 2.48. The lowest BCUT2D eigenvalue weighted by Crippen LogP contribution is -2.24. The van der Waals surface area contributed by atoms with Crippen LogP contribution >= 0.6 is 15.9 Å². The first-order chi connectivity index (χ1) is 9.69. The number of aromatic hydroxyl groups is 1.